The molecular weight excluding hydrogens is 644 g/mol. The molecule has 0 aliphatic rings. The zero-order valence-corrected chi connectivity index (χ0v) is 30.6. The summed E-state index contributed by atoms with van der Waals surface area (Å²) >= 11 is 0. The lowest BCUT2D eigenvalue weighted by Crippen LogP contribution is -2.18. The van der Waals surface area contributed by atoms with Crippen LogP contribution in [0.15, 0.2) is 146 Å². The summed E-state index contributed by atoms with van der Waals surface area (Å²) in [4.78, 5) is 42.0. The number of ketones is 1. The van der Waals surface area contributed by atoms with Crippen LogP contribution < -0.4 is 18.9 Å². The molecule has 0 saturated heterocycles. The summed E-state index contributed by atoms with van der Waals surface area (Å²) in [5, 5.41) is 0. The molecule has 0 aliphatic heterocycles. The van der Waals surface area contributed by atoms with E-state index < -0.39 is 0 Å². The Morgan fingerprint density at radius 2 is 0.686 bits per heavy atom. The molecule has 268 valence electrons. The number of carbonyl (C=O) groups excluding carboxylic acids is 4. The number of hydrogen-bond donors (Lipinski definition) is 0. The predicted octanol–water partition coefficient (Wildman–Crippen LogP) is 9.45. The van der Waals surface area contributed by atoms with Crippen molar-refractivity contribution >= 4 is 23.7 Å². The summed E-state index contributed by atoms with van der Waals surface area (Å²) in [6.45, 7) is 11.4. The van der Waals surface area contributed by atoms with Gasteiger partial charge in [0.15, 0.2) is 11.5 Å². The van der Waals surface area contributed by atoms with Gasteiger partial charge in [-0.05, 0) is 61.4 Å². The fourth-order valence-electron chi connectivity index (χ4n) is 4.01. The summed E-state index contributed by atoms with van der Waals surface area (Å²) in [6, 6.07) is 45.9. The van der Waals surface area contributed by atoms with Gasteiger partial charge in [0.25, 0.3) is 0 Å². The number of rotatable bonds is 6. The zero-order valence-electron chi connectivity index (χ0n) is 30.6. The lowest BCUT2D eigenvalue weighted by Gasteiger charge is -2.26. The zero-order chi connectivity index (χ0) is 38.1. The highest BCUT2D eigenvalue weighted by atomic mass is 16.6. The van der Waals surface area contributed by atoms with Crippen molar-refractivity contribution in [3.05, 3.63) is 157 Å². The van der Waals surface area contributed by atoms with Crippen LogP contribution in [-0.4, -0.2) is 30.8 Å². The standard InChI is InChI=1S/C19H20O4.C9H10O3.2C6H6.C3H6O/c1-13(20)22-17-9-5-15(6-10-17)19(3,4)16-7-11-18(12-8-16)23-14(2)21;1-7(10)12-9-6-4-3-5-8(9)11-2;2*1-2-4-6-5-3-1;1-3(2)4/h5-12H,1-4H3;3-6H,1-2H3;2*1-6H;1-2H3. The van der Waals surface area contributed by atoms with Gasteiger partial charge in [0.05, 0.1) is 7.11 Å². The van der Waals surface area contributed by atoms with Crippen LogP contribution in [0.2, 0.25) is 0 Å². The van der Waals surface area contributed by atoms with Gasteiger partial charge in [0, 0.05) is 26.2 Å². The van der Waals surface area contributed by atoms with Gasteiger partial charge in [-0.25, -0.2) is 0 Å². The molecule has 0 aromatic heterocycles. The molecule has 0 amide bonds. The van der Waals surface area contributed by atoms with Crippen LogP contribution in [0.25, 0.3) is 0 Å². The Balaban J connectivity index is 0.000000381. The monoisotopic (exact) mass is 692 g/mol. The number of benzene rings is 5. The van der Waals surface area contributed by atoms with E-state index in [1.54, 1.807) is 42.5 Å². The smallest absolute Gasteiger partial charge is 0.308 e. The fraction of sp³-hybridized carbons (Fsp3) is 0.209. The van der Waals surface area contributed by atoms with E-state index in [2.05, 4.69) is 13.8 Å². The first kappa shape index (κ1) is 43.0. The Bertz CT molecular complexity index is 1560. The normalized spacial score (nSPS) is 9.49. The minimum atomic E-state index is -0.348. The summed E-state index contributed by atoms with van der Waals surface area (Å²) < 4.78 is 19.9. The molecule has 0 spiro atoms. The van der Waals surface area contributed by atoms with E-state index >= 15 is 0 Å². The second kappa shape index (κ2) is 24.2. The number of carbonyl (C=O) groups is 4. The Kier molecular flexibility index (Phi) is 20.4. The number of methoxy groups -OCH3 is 1. The van der Waals surface area contributed by atoms with Crippen molar-refractivity contribution in [1.29, 1.82) is 0 Å². The van der Waals surface area contributed by atoms with Gasteiger partial charge in [-0.15, -0.1) is 0 Å². The van der Waals surface area contributed by atoms with Crippen LogP contribution in [0.1, 0.15) is 59.6 Å². The first-order chi connectivity index (χ1) is 24.3. The van der Waals surface area contributed by atoms with Crippen molar-refractivity contribution in [2.24, 2.45) is 0 Å². The minimum absolute atomic E-state index is 0.167. The van der Waals surface area contributed by atoms with E-state index in [9.17, 15) is 19.2 Å². The molecule has 0 bridgehead atoms. The van der Waals surface area contributed by atoms with Gasteiger partial charge in [-0.1, -0.05) is 123 Å². The maximum Gasteiger partial charge on any atom is 0.308 e. The average molecular weight is 693 g/mol. The highest BCUT2D eigenvalue weighted by molar-refractivity contribution is 5.72. The number of ether oxygens (including phenoxy) is 4. The predicted molar refractivity (Wildman–Crippen MR) is 201 cm³/mol. The Morgan fingerprint density at radius 3 is 0.941 bits per heavy atom. The van der Waals surface area contributed by atoms with Gasteiger partial charge < -0.3 is 23.7 Å². The topological polar surface area (TPSA) is 105 Å². The molecule has 0 unspecified atom stereocenters. The second-order valence-electron chi connectivity index (χ2n) is 11.3. The quantitative estimate of drug-likeness (QED) is 0.128. The third-order valence-electron chi connectivity index (χ3n) is 6.33. The third kappa shape index (κ3) is 19.5. The first-order valence-corrected chi connectivity index (χ1v) is 16.1. The third-order valence-corrected chi connectivity index (χ3v) is 6.33. The lowest BCUT2D eigenvalue weighted by atomic mass is 9.78. The SMILES string of the molecule is CC(=O)Oc1ccc(C(C)(C)c2ccc(OC(C)=O)cc2)cc1.CC(C)=O.COc1ccccc1OC(C)=O.c1ccccc1.c1ccccc1. The molecule has 0 aliphatic carbocycles. The lowest BCUT2D eigenvalue weighted by molar-refractivity contribution is -0.132. The van der Waals surface area contributed by atoms with Gasteiger partial charge in [-0.3, -0.25) is 14.4 Å². The van der Waals surface area contributed by atoms with Crippen LogP contribution in [0.3, 0.4) is 0 Å². The van der Waals surface area contributed by atoms with Crippen LogP contribution in [0, 0.1) is 0 Å². The van der Waals surface area contributed by atoms with Gasteiger partial charge in [0.2, 0.25) is 0 Å². The van der Waals surface area contributed by atoms with Crippen LogP contribution in [0.4, 0.5) is 0 Å². The summed E-state index contributed by atoms with van der Waals surface area (Å²) in [7, 11) is 1.53. The average Bonchev–Trinajstić information content (AvgIpc) is 3.10. The minimum Gasteiger partial charge on any atom is -0.493 e. The molecule has 0 heterocycles. The molecule has 0 atom stereocenters. The van der Waals surface area contributed by atoms with E-state index in [-0.39, 0.29) is 29.1 Å². The Morgan fingerprint density at radius 1 is 0.412 bits per heavy atom. The van der Waals surface area contributed by atoms with Crippen LogP contribution >= 0.6 is 0 Å². The van der Waals surface area contributed by atoms with Crippen molar-refractivity contribution in [3.8, 4) is 23.0 Å². The number of Topliss-reactive ketones (excluding diaryl/α,β-unsaturated/α-hetero) is 1. The number of esters is 3. The van der Waals surface area contributed by atoms with E-state index in [0.29, 0.717) is 23.0 Å². The second-order valence-corrected chi connectivity index (χ2v) is 11.3. The van der Waals surface area contributed by atoms with E-state index in [1.165, 1.54) is 41.7 Å². The molecule has 0 N–H and O–H groups in total. The fourth-order valence-corrected chi connectivity index (χ4v) is 4.01. The van der Waals surface area contributed by atoms with Crippen molar-refractivity contribution < 1.29 is 38.1 Å². The molecule has 0 fully saturated rings. The van der Waals surface area contributed by atoms with Crippen molar-refractivity contribution in [3.63, 3.8) is 0 Å². The first-order valence-electron chi connectivity index (χ1n) is 16.1. The molecule has 0 radical (unpaired) electrons. The molecule has 8 heteroatoms. The van der Waals surface area contributed by atoms with Gasteiger partial charge in [0.1, 0.15) is 17.3 Å². The van der Waals surface area contributed by atoms with Crippen molar-refractivity contribution in [2.45, 2.75) is 53.9 Å². The van der Waals surface area contributed by atoms with Crippen LogP contribution in [0.5, 0.6) is 23.0 Å². The molecule has 5 aromatic carbocycles. The molecule has 5 rings (SSSR count). The van der Waals surface area contributed by atoms with Crippen LogP contribution in [-0.2, 0) is 24.6 Å². The molecule has 8 nitrogen and oxygen atoms in total. The van der Waals surface area contributed by atoms with Crippen molar-refractivity contribution in [1.82, 2.24) is 0 Å². The molecular formula is C43H48O8. The Hall–Kier alpha value is -6.02. The highest BCUT2D eigenvalue weighted by Crippen LogP contribution is 2.33. The maximum absolute atomic E-state index is 11.0. The number of hydrogen-bond acceptors (Lipinski definition) is 8. The number of para-hydroxylation sites is 2. The van der Waals surface area contributed by atoms with E-state index in [4.69, 9.17) is 18.9 Å². The summed E-state index contributed by atoms with van der Waals surface area (Å²) in [5.41, 5.74) is 1.95. The van der Waals surface area contributed by atoms with Gasteiger partial charge in [-0.2, -0.15) is 0 Å². The van der Waals surface area contributed by atoms with E-state index in [1.807, 2.05) is 103 Å². The molecule has 5 aromatic rings. The van der Waals surface area contributed by atoms with Gasteiger partial charge >= 0.3 is 17.9 Å². The summed E-state index contributed by atoms with van der Waals surface area (Å²) in [5.74, 6) is 1.22. The molecule has 0 saturated carbocycles. The Labute approximate surface area is 302 Å². The largest absolute Gasteiger partial charge is 0.493 e. The highest BCUT2D eigenvalue weighted by Gasteiger charge is 2.23. The maximum atomic E-state index is 11.0. The van der Waals surface area contributed by atoms with Crippen molar-refractivity contribution in [2.75, 3.05) is 7.11 Å². The summed E-state index contributed by atoms with van der Waals surface area (Å²) in [6.07, 6.45) is 0. The van der Waals surface area contributed by atoms with E-state index in [0.717, 1.165) is 11.1 Å². The molecule has 51 heavy (non-hydrogen) atoms.